The first-order chi connectivity index (χ1) is 14.2. The smallest absolute Gasteiger partial charge is 0.162 e. The largest absolute Gasteiger partial charge is 0.493 e. The Morgan fingerprint density at radius 1 is 1.21 bits per heavy atom. The maximum absolute atomic E-state index is 9.32. The van der Waals surface area contributed by atoms with Crippen LogP contribution in [0.4, 0.5) is 5.69 Å². The number of aliphatic hydroxyl groups excluding tert-OH is 1. The molecule has 0 spiro atoms. The lowest BCUT2D eigenvalue weighted by Crippen LogP contribution is -2.43. The average molecular weight is 402 g/mol. The van der Waals surface area contributed by atoms with Gasteiger partial charge < -0.3 is 24.6 Å². The molecule has 2 aromatic rings. The van der Waals surface area contributed by atoms with Gasteiger partial charge in [0.1, 0.15) is 0 Å². The van der Waals surface area contributed by atoms with Gasteiger partial charge in [0, 0.05) is 48.4 Å². The van der Waals surface area contributed by atoms with E-state index in [-0.39, 0.29) is 6.61 Å². The Morgan fingerprint density at radius 3 is 2.79 bits per heavy atom. The van der Waals surface area contributed by atoms with E-state index in [2.05, 4.69) is 10.2 Å². The molecule has 0 radical (unpaired) electrons. The molecule has 1 saturated heterocycles. The highest BCUT2D eigenvalue weighted by atomic mass is 16.5. The van der Waals surface area contributed by atoms with Crippen LogP contribution >= 0.6 is 0 Å². The van der Waals surface area contributed by atoms with Crippen molar-refractivity contribution in [1.29, 1.82) is 0 Å². The normalized spacial score (nSPS) is 20.2. The van der Waals surface area contributed by atoms with Crippen molar-refractivity contribution in [2.45, 2.75) is 31.7 Å². The van der Waals surface area contributed by atoms with E-state index >= 15 is 0 Å². The molecule has 1 aromatic carbocycles. The number of aliphatic hydroxyl groups is 1. The van der Waals surface area contributed by atoms with Crippen molar-refractivity contribution in [2.24, 2.45) is 0 Å². The number of methoxy groups -OCH3 is 2. The Bertz CT molecular complexity index is 856. The molecule has 2 N–H and O–H groups in total. The standard InChI is InChI=1S/C22H31N3O4/c1-27-20-12-17-19(13-21(20)28-2)24-18-6-11-29-10-5-16(18)22(17)23-15-4-3-7-25(14-15)8-9-26/h12-13,15,26H,3-11,14H2,1-2H3,(H,23,24)/t15-/m1/s1. The van der Waals surface area contributed by atoms with Crippen LogP contribution in [0.1, 0.15) is 24.1 Å². The average Bonchev–Trinajstić information content (AvgIpc) is 2.98. The van der Waals surface area contributed by atoms with E-state index in [1.165, 1.54) is 5.56 Å². The molecule has 1 atom stereocenters. The second-order valence-electron chi connectivity index (χ2n) is 7.76. The van der Waals surface area contributed by atoms with E-state index < -0.39 is 0 Å². The van der Waals surface area contributed by atoms with Crippen molar-refractivity contribution < 1.29 is 19.3 Å². The molecule has 2 aliphatic heterocycles. The fourth-order valence-electron chi connectivity index (χ4n) is 4.49. The number of benzene rings is 1. The third-order valence-electron chi connectivity index (χ3n) is 5.93. The molecule has 0 amide bonds. The minimum atomic E-state index is 0.203. The number of nitrogens with one attached hydrogen (secondary N) is 1. The third-order valence-corrected chi connectivity index (χ3v) is 5.93. The number of ether oxygens (including phenoxy) is 3. The summed E-state index contributed by atoms with van der Waals surface area (Å²) < 4.78 is 16.8. The molecule has 29 heavy (non-hydrogen) atoms. The van der Waals surface area contributed by atoms with Gasteiger partial charge in [0.05, 0.1) is 39.6 Å². The van der Waals surface area contributed by atoms with E-state index in [1.54, 1.807) is 14.2 Å². The molecule has 7 heteroatoms. The first kappa shape index (κ1) is 20.2. The Balaban J connectivity index is 1.77. The predicted octanol–water partition coefficient (Wildman–Crippen LogP) is 2.24. The quantitative estimate of drug-likeness (QED) is 0.769. The fourth-order valence-corrected chi connectivity index (χ4v) is 4.49. The molecule has 0 unspecified atom stereocenters. The first-order valence-electron chi connectivity index (χ1n) is 10.5. The van der Waals surface area contributed by atoms with Crippen molar-refractivity contribution in [3.63, 3.8) is 0 Å². The minimum absolute atomic E-state index is 0.203. The number of nitrogens with zero attached hydrogens (tertiary/aromatic N) is 2. The van der Waals surface area contributed by atoms with Gasteiger partial charge in [-0.15, -0.1) is 0 Å². The number of β-amino-alcohol motifs (C(OH)–C–C–N with tert-alkyl or cyclic N) is 1. The fraction of sp³-hybridized carbons (Fsp3) is 0.591. The Hall–Kier alpha value is -2.09. The van der Waals surface area contributed by atoms with Crippen LogP contribution in [0.5, 0.6) is 11.5 Å². The third kappa shape index (κ3) is 4.27. The molecule has 7 nitrogen and oxygen atoms in total. The highest BCUT2D eigenvalue weighted by Crippen LogP contribution is 2.38. The summed E-state index contributed by atoms with van der Waals surface area (Å²) in [5, 5.41) is 14.2. The van der Waals surface area contributed by atoms with Gasteiger partial charge in [0.15, 0.2) is 11.5 Å². The van der Waals surface area contributed by atoms with E-state index in [4.69, 9.17) is 19.2 Å². The van der Waals surface area contributed by atoms with Crippen molar-refractivity contribution in [3.05, 3.63) is 23.4 Å². The number of anilines is 1. The van der Waals surface area contributed by atoms with E-state index in [0.29, 0.717) is 30.8 Å². The number of piperidine rings is 1. The summed E-state index contributed by atoms with van der Waals surface area (Å²) in [6.45, 7) is 4.33. The topological polar surface area (TPSA) is 76.1 Å². The van der Waals surface area contributed by atoms with Gasteiger partial charge in [-0.05, 0) is 37.4 Å². The molecular weight excluding hydrogens is 370 g/mol. The summed E-state index contributed by atoms with van der Waals surface area (Å²) >= 11 is 0. The SMILES string of the molecule is COc1cc2nc3c(c(N[C@@H]4CCCN(CCO)C4)c2cc1OC)CCOCC3. The predicted molar refractivity (Wildman–Crippen MR) is 113 cm³/mol. The number of fused-ring (bicyclic) bond motifs is 2. The summed E-state index contributed by atoms with van der Waals surface area (Å²) in [4.78, 5) is 7.29. The van der Waals surface area contributed by atoms with Crippen molar-refractivity contribution in [3.8, 4) is 11.5 Å². The number of hydrogen-bond acceptors (Lipinski definition) is 7. The summed E-state index contributed by atoms with van der Waals surface area (Å²) in [5.74, 6) is 1.40. The van der Waals surface area contributed by atoms with Crippen LogP contribution in [-0.2, 0) is 17.6 Å². The highest BCUT2D eigenvalue weighted by molar-refractivity contribution is 5.96. The first-order valence-corrected chi connectivity index (χ1v) is 10.5. The number of rotatable bonds is 6. The number of aromatic nitrogens is 1. The lowest BCUT2D eigenvalue weighted by molar-refractivity contribution is 0.146. The molecule has 2 aliphatic rings. The maximum atomic E-state index is 9.32. The van der Waals surface area contributed by atoms with Crippen LogP contribution in [0, 0.1) is 0 Å². The van der Waals surface area contributed by atoms with Gasteiger partial charge >= 0.3 is 0 Å². The summed E-state index contributed by atoms with van der Waals surface area (Å²) in [6.07, 6.45) is 3.91. The van der Waals surface area contributed by atoms with Crippen molar-refractivity contribution >= 4 is 16.6 Å². The van der Waals surface area contributed by atoms with Crippen LogP contribution < -0.4 is 14.8 Å². The van der Waals surface area contributed by atoms with E-state index in [9.17, 15) is 5.11 Å². The Morgan fingerprint density at radius 2 is 2.00 bits per heavy atom. The van der Waals surface area contributed by atoms with Crippen LogP contribution in [0.15, 0.2) is 12.1 Å². The zero-order valence-corrected chi connectivity index (χ0v) is 17.4. The van der Waals surface area contributed by atoms with Crippen molar-refractivity contribution in [1.82, 2.24) is 9.88 Å². The van der Waals surface area contributed by atoms with Gasteiger partial charge in [-0.2, -0.15) is 0 Å². The van der Waals surface area contributed by atoms with E-state index in [1.807, 2.05) is 12.1 Å². The minimum Gasteiger partial charge on any atom is -0.493 e. The van der Waals surface area contributed by atoms with Crippen LogP contribution in [-0.4, -0.2) is 74.7 Å². The summed E-state index contributed by atoms with van der Waals surface area (Å²) in [6, 6.07) is 4.33. The Kier molecular flexibility index (Phi) is 6.37. The van der Waals surface area contributed by atoms with Crippen molar-refractivity contribution in [2.75, 3.05) is 59.0 Å². The molecular formula is C22H31N3O4. The molecule has 0 saturated carbocycles. The zero-order chi connectivity index (χ0) is 20.2. The van der Waals surface area contributed by atoms with Gasteiger partial charge in [-0.25, -0.2) is 0 Å². The zero-order valence-electron chi connectivity index (χ0n) is 17.4. The van der Waals surface area contributed by atoms with Gasteiger partial charge in [0.2, 0.25) is 0 Å². The van der Waals surface area contributed by atoms with Crippen LogP contribution in [0.25, 0.3) is 10.9 Å². The second-order valence-corrected chi connectivity index (χ2v) is 7.76. The summed E-state index contributed by atoms with van der Waals surface area (Å²) in [5.41, 5.74) is 4.41. The highest BCUT2D eigenvalue weighted by Gasteiger charge is 2.24. The van der Waals surface area contributed by atoms with Crippen LogP contribution in [0.2, 0.25) is 0 Å². The Labute approximate surface area is 172 Å². The maximum Gasteiger partial charge on any atom is 0.162 e. The van der Waals surface area contributed by atoms with E-state index in [0.717, 1.165) is 67.6 Å². The van der Waals surface area contributed by atoms with Gasteiger partial charge in [0.25, 0.3) is 0 Å². The number of pyridine rings is 1. The molecule has 1 aromatic heterocycles. The monoisotopic (exact) mass is 401 g/mol. The molecule has 0 bridgehead atoms. The molecule has 0 aliphatic carbocycles. The molecule has 1 fully saturated rings. The molecule has 3 heterocycles. The second kappa shape index (κ2) is 9.15. The summed E-state index contributed by atoms with van der Waals surface area (Å²) in [7, 11) is 3.31. The van der Waals surface area contributed by atoms with Gasteiger partial charge in [-0.1, -0.05) is 0 Å². The lowest BCUT2D eigenvalue weighted by atomic mass is 9.99. The van der Waals surface area contributed by atoms with Gasteiger partial charge in [-0.3, -0.25) is 9.88 Å². The van der Waals surface area contributed by atoms with Crippen LogP contribution in [0.3, 0.4) is 0 Å². The lowest BCUT2D eigenvalue weighted by Gasteiger charge is -2.34. The number of likely N-dealkylation sites (tertiary alicyclic amines) is 1. The number of hydrogen-bond donors (Lipinski definition) is 2. The molecule has 158 valence electrons. The molecule has 4 rings (SSSR count).